The van der Waals surface area contributed by atoms with Crippen molar-refractivity contribution in [3.8, 4) is 0 Å². The SMILES string of the molecule is CC(O)C1C(=O)NCC1C. The van der Waals surface area contributed by atoms with Crippen molar-refractivity contribution in [1.82, 2.24) is 5.32 Å². The van der Waals surface area contributed by atoms with Crippen LogP contribution in [0.5, 0.6) is 0 Å². The van der Waals surface area contributed by atoms with Gasteiger partial charge in [-0.3, -0.25) is 4.79 Å². The Balaban J connectivity index is 2.63. The number of aliphatic hydroxyl groups excluding tert-OH is 1. The molecule has 1 saturated heterocycles. The van der Waals surface area contributed by atoms with Gasteiger partial charge in [-0.05, 0) is 12.8 Å². The summed E-state index contributed by atoms with van der Waals surface area (Å²) in [5, 5.41) is 11.8. The highest BCUT2D eigenvalue weighted by molar-refractivity contribution is 5.81. The molecule has 1 aliphatic heterocycles. The molecule has 1 heterocycles. The van der Waals surface area contributed by atoms with E-state index in [0.29, 0.717) is 6.54 Å². The van der Waals surface area contributed by atoms with Crippen molar-refractivity contribution in [1.29, 1.82) is 0 Å². The molecule has 3 nitrogen and oxygen atoms in total. The first kappa shape index (κ1) is 7.54. The summed E-state index contributed by atoms with van der Waals surface area (Å²) < 4.78 is 0. The third-order valence-electron chi connectivity index (χ3n) is 2.03. The largest absolute Gasteiger partial charge is 0.393 e. The second-order valence-electron chi connectivity index (χ2n) is 2.99. The molecule has 0 aromatic carbocycles. The molecule has 1 fully saturated rings. The molecule has 3 unspecified atom stereocenters. The summed E-state index contributed by atoms with van der Waals surface area (Å²) in [6, 6.07) is 0. The highest BCUT2D eigenvalue weighted by Gasteiger charge is 2.34. The quantitative estimate of drug-likeness (QED) is 0.531. The lowest BCUT2D eigenvalue weighted by molar-refractivity contribution is -0.125. The zero-order chi connectivity index (χ0) is 7.72. The van der Waals surface area contributed by atoms with Gasteiger partial charge in [-0.1, -0.05) is 6.92 Å². The van der Waals surface area contributed by atoms with E-state index in [2.05, 4.69) is 5.32 Å². The molecule has 0 saturated carbocycles. The molecule has 0 spiro atoms. The molecule has 1 amide bonds. The van der Waals surface area contributed by atoms with Crippen molar-refractivity contribution >= 4 is 5.91 Å². The molecule has 0 radical (unpaired) electrons. The molecule has 3 atom stereocenters. The van der Waals surface area contributed by atoms with Gasteiger partial charge < -0.3 is 10.4 Å². The summed E-state index contributed by atoms with van der Waals surface area (Å²) in [5.41, 5.74) is 0. The normalized spacial score (nSPS) is 35.7. The first-order valence-corrected chi connectivity index (χ1v) is 3.58. The first-order valence-electron chi connectivity index (χ1n) is 3.58. The van der Waals surface area contributed by atoms with Gasteiger partial charge in [0.2, 0.25) is 5.91 Å². The van der Waals surface area contributed by atoms with Crippen LogP contribution >= 0.6 is 0 Å². The van der Waals surface area contributed by atoms with E-state index >= 15 is 0 Å². The predicted octanol–water partition coefficient (Wildman–Crippen LogP) is -0.251. The fourth-order valence-electron chi connectivity index (χ4n) is 1.46. The number of hydrogen-bond donors (Lipinski definition) is 2. The minimum absolute atomic E-state index is 0.0116. The number of aliphatic hydroxyl groups is 1. The second kappa shape index (κ2) is 2.58. The van der Waals surface area contributed by atoms with Gasteiger partial charge in [0.25, 0.3) is 0 Å². The average Bonchev–Trinajstić information content (AvgIpc) is 2.11. The molecule has 0 aromatic rings. The maximum Gasteiger partial charge on any atom is 0.226 e. The summed E-state index contributed by atoms with van der Waals surface area (Å²) in [4.78, 5) is 11.0. The monoisotopic (exact) mass is 143 g/mol. The van der Waals surface area contributed by atoms with Crippen LogP contribution in [0.15, 0.2) is 0 Å². The van der Waals surface area contributed by atoms with Crippen molar-refractivity contribution < 1.29 is 9.90 Å². The Morgan fingerprint density at radius 1 is 1.80 bits per heavy atom. The molecule has 1 rings (SSSR count). The van der Waals surface area contributed by atoms with E-state index < -0.39 is 6.10 Å². The van der Waals surface area contributed by atoms with Crippen molar-refractivity contribution in [3.63, 3.8) is 0 Å². The highest BCUT2D eigenvalue weighted by Crippen LogP contribution is 2.20. The van der Waals surface area contributed by atoms with E-state index in [1.165, 1.54) is 0 Å². The molecule has 0 bridgehead atoms. The Bertz CT molecular complexity index is 145. The highest BCUT2D eigenvalue weighted by atomic mass is 16.3. The van der Waals surface area contributed by atoms with Gasteiger partial charge in [0.15, 0.2) is 0 Å². The van der Waals surface area contributed by atoms with E-state index in [1.54, 1.807) is 6.92 Å². The standard InChI is InChI=1S/C7H13NO2/c1-4-3-8-7(10)6(4)5(2)9/h4-6,9H,3H2,1-2H3,(H,8,10). The van der Waals surface area contributed by atoms with Crippen molar-refractivity contribution in [2.45, 2.75) is 20.0 Å². The Kier molecular flexibility index (Phi) is 1.94. The Hall–Kier alpha value is -0.570. The summed E-state index contributed by atoms with van der Waals surface area (Å²) in [7, 11) is 0. The smallest absolute Gasteiger partial charge is 0.226 e. The first-order chi connectivity index (χ1) is 4.63. The van der Waals surface area contributed by atoms with Crippen LogP contribution in [0, 0.1) is 11.8 Å². The Morgan fingerprint density at radius 2 is 2.40 bits per heavy atom. The fourth-order valence-corrected chi connectivity index (χ4v) is 1.46. The van der Waals surface area contributed by atoms with E-state index in [1.807, 2.05) is 6.92 Å². The number of nitrogens with one attached hydrogen (secondary N) is 1. The van der Waals surface area contributed by atoms with E-state index in [4.69, 9.17) is 5.11 Å². The third-order valence-corrected chi connectivity index (χ3v) is 2.03. The molecule has 58 valence electrons. The number of hydrogen-bond acceptors (Lipinski definition) is 2. The van der Waals surface area contributed by atoms with Crippen molar-refractivity contribution in [3.05, 3.63) is 0 Å². The van der Waals surface area contributed by atoms with Gasteiger partial charge in [-0.2, -0.15) is 0 Å². The van der Waals surface area contributed by atoms with Crippen LogP contribution in [-0.4, -0.2) is 23.7 Å². The topological polar surface area (TPSA) is 49.3 Å². The zero-order valence-corrected chi connectivity index (χ0v) is 6.29. The molecular formula is C7H13NO2. The number of carbonyl (C=O) groups is 1. The molecule has 0 aliphatic carbocycles. The third kappa shape index (κ3) is 1.14. The molecule has 3 heteroatoms. The number of amides is 1. The van der Waals surface area contributed by atoms with E-state index in [0.717, 1.165) is 0 Å². The van der Waals surface area contributed by atoms with Crippen LogP contribution in [-0.2, 0) is 4.79 Å². The number of rotatable bonds is 1. The van der Waals surface area contributed by atoms with Crippen molar-refractivity contribution in [2.24, 2.45) is 11.8 Å². The Labute approximate surface area is 60.4 Å². The van der Waals surface area contributed by atoms with Gasteiger partial charge in [0.1, 0.15) is 0 Å². The predicted molar refractivity (Wildman–Crippen MR) is 37.3 cm³/mol. The molecular weight excluding hydrogens is 130 g/mol. The molecule has 0 aromatic heterocycles. The number of carbonyl (C=O) groups excluding carboxylic acids is 1. The lowest BCUT2D eigenvalue weighted by atomic mass is 9.93. The second-order valence-corrected chi connectivity index (χ2v) is 2.99. The van der Waals surface area contributed by atoms with Crippen LogP contribution in [0.25, 0.3) is 0 Å². The maximum absolute atomic E-state index is 11.0. The van der Waals surface area contributed by atoms with Crippen LogP contribution < -0.4 is 5.32 Å². The lowest BCUT2D eigenvalue weighted by Crippen LogP contribution is -2.28. The lowest BCUT2D eigenvalue weighted by Gasteiger charge is -2.14. The summed E-state index contributed by atoms with van der Waals surface area (Å²) in [5.74, 6) is 0.0648. The van der Waals surface area contributed by atoms with Gasteiger partial charge in [-0.25, -0.2) is 0 Å². The van der Waals surface area contributed by atoms with Gasteiger partial charge >= 0.3 is 0 Å². The van der Waals surface area contributed by atoms with Gasteiger partial charge in [-0.15, -0.1) is 0 Å². The van der Waals surface area contributed by atoms with Crippen LogP contribution in [0.1, 0.15) is 13.8 Å². The summed E-state index contributed by atoms with van der Waals surface area (Å²) in [6.07, 6.45) is -0.516. The maximum atomic E-state index is 11.0. The molecule has 10 heavy (non-hydrogen) atoms. The Morgan fingerprint density at radius 3 is 2.60 bits per heavy atom. The minimum atomic E-state index is -0.516. The average molecular weight is 143 g/mol. The van der Waals surface area contributed by atoms with E-state index in [-0.39, 0.29) is 17.7 Å². The van der Waals surface area contributed by atoms with E-state index in [9.17, 15) is 4.79 Å². The van der Waals surface area contributed by atoms with Gasteiger partial charge in [0.05, 0.1) is 12.0 Å². The van der Waals surface area contributed by atoms with Crippen LogP contribution in [0.4, 0.5) is 0 Å². The zero-order valence-electron chi connectivity index (χ0n) is 6.29. The van der Waals surface area contributed by atoms with Crippen LogP contribution in [0.3, 0.4) is 0 Å². The van der Waals surface area contributed by atoms with Crippen LogP contribution in [0.2, 0.25) is 0 Å². The summed E-state index contributed by atoms with van der Waals surface area (Å²) in [6.45, 7) is 4.33. The minimum Gasteiger partial charge on any atom is -0.393 e. The molecule has 1 aliphatic rings. The van der Waals surface area contributed by atoms with Gasteiger partial charge in [0, 0.05) is 6.54 Å². The van der Waals surface area contributed by atoms with Crippen molar-refractivity contribution in [2.75, 3.05) is 6.54 Å². The molecule has 2 N–H and O–H groups in total. The summed E-state index contributed by atoms with van der Waals surface area (Å²) >= 11 is 0. The fraction of sp³-hybridized carbons (Fsp3) is 0.857.